The van der Waals surface area contributed by atoms with E-state index >= 15 is 0 Å². The third-order valence-electron chi connectivity index (χ3n) is 1.93. The van der Waals surface area contributed by atoms with Gasteiger partial charge in [0.2, 0.25) is 0 Å². The highest BCUT2D eigenvalue weighted by atomic mass is 35.5. The second kappa shape index (κ2) is 3.67. The summed E-state index contributed by atoms with van der Waals surface area (Å²) in [6, 6.07) is 2.88. The number of ether oxygens (including phenoxy) is 1. The van der Waals surface area contributed by atoms with E-state index in [9.17, 15) is 10.2 Å². The lowest BCUT2D eigenvalue weighted by Crippen LogP contribution is -2.15. The molecule has 0 saturated carbocycles. The summed E-state index contributed by atoms with van der Waals surface area (Å²) in [5, 5.41) is 19.6. The first-order chi connectivity index (χ1) is 6.36. The molecule has 1 rings (SSSR count). The predicted octanol–water partition coefficient (Wildman–Crippen LogP) is 2.28. The van der Waals surface area contributed by atoms with Crippen LogP contribution >= 0.6 is 11.6 Å². The first kappa shape index (κ1) is 11.1. The van der Waals surface area contributed by atoms with Gasteiger partial charge in [-0.05, 0) is 19.9 Å². The second-order valence-corrected chi connectivity index (χ2v) is 3.97. The van der Waals surface area contributed by atoms with Crippen molar-refractivity contribution in [1.82, 2.24) is 0 Å². The molecule has 0 saturated heterocycles. The SMILES string of the molecule is COc1cc(O)c(C(C)(C)O)cc1Cl. The Morgan fingerprint density at radius 1 is 1.36 bits per heavy atom. The van der Waals surface area contributed by atoms with Gasteiger partial charge < -0.3 is 14.9 Å². The molecule has 0 fully saturated rings. The first-order valence-electron chi connectivity index (χ1n) is 4.15. The van der Waals surface area contributed by atoms with Gasteiger partial charge in [0, 0.05) is 11.6 Å². The Labute approximate surface area is 87.9 Å². The lowest BCUT2D eigenvalue weighted by Gasteiger charge is -2.20. The lowest BCUT2D eigenvalue weighted by molar-refractivity contribution is 0.0758. The van der Waals surface area contributed by atoms with Crippen LogP contribution in [-0.2, 0) is 5.60 Å². The second-order valence-electron chi connectivity index (χ2n) is 3.56. The van der Waals surface area contributed by atoms with Gasteiger partial charge in [0.25, 0.3) is 0 Å². The minimum atomic E-state index is -1.13. The van der Waals surface area contributed by atoms with Gasteiger partial charge in [-0.25, -0.2) is 0 Å². The van der Waals surface area contributed by atoms with Crippen LogP contribution in [0.3, 0.4) is 0 Å². The minimum Gasteiger partial charge on any atom is -0.507 e. The van der Waals surface area contributed by atoms with Gasteiger partial charge in [-0.1, -0.05) is 11.6 Å². The summed E-state index contributed by atoms with van der Waals surface area (Å²) >= 11 is 5.86. The summed E-state index contributed by atoms with van der Waals surface area (Å²) in [5.74, 6) is 0.357. The summed E-state index contributed by atoms with van der Waals surface area (Å²) < 4.78 is 4.92. The van der Waals surface area contributed by atoms with Crippen molar-refractivity contribution in [2.24, 2.45) is 0 Å². The molecular weight excluding hydrogens is 204 g/mol. The monoisotopic (exact) mass is 216 g/mol. The van der Waals surface area contributed by atoms with Crippen LogP contribution in [0.25, 0.3) is 0 Å². The van der Waals surface area contributed by atoms with Gasteiger partial charge in [-0.3, -0.25) is 0 Å². The van der Waals surface area contributed by atoms with E-state index in [2.05, 4.69) is 0 Å². The fourth-order valence-electron chi connectivity index (χ4n) is 1.19. The quantitative estimate of drug-likeness (QED) is 0.798. The van der Waals surface area contributed by atoms with E-state index in [4.69, 9.17) is 16.3 Å². The van der Waals surface area contributed by atoms with E-state index in [-0.39, 0.29) is 5.75 Å². The Morgan fingerprint density at radius 3 is 2.36 bits per heavy atom. The van der Waals surface area contributed by atoms with E-state index in [1.165, 1.54) is 19.2 Å². The van der Waals surface area contributed by atoms with E-state index in [0.29, 0.717) is 16.3 Å². The normalized spacial score (nSPS) is 11.5. The van der Waals surface area contributed by atoms with Crippen LogP contribution in [0, 0.1) is 0 Å². The van der Waals surface area contributed by atoms with Crippen molar-refractivity contribution in [2.75, 3.05) is 7.11 Å². The smallest absolute Gasteiger partial charge is 0.141 e. The molecule has 0 unspecified atom stereocenters. The Balaban J connectivity index is 3.29. The first-order valence-corrected chi connectivity index (χ1v) is 4.53. The van der Waals surface area contributed by atoms with E-state index < -0.39 is 5.60 Å². The molecule has 0 radical (unpaired) electrons. The van der Waals surface area contributed by atoms with Crippen LogP contribution in [-0.4, -0.2) is 17.3 Å². The molecule has 1 aromatic carbocycles. The highest BCUT2D eigenvalue weighted by Gasteiger charge is 2.22. The molecule has 0 aliphatic carbocycles. The van der Waals surface area contributed by atoms with Crippen LogP contribution in [0.2, 0.25) is 5.02 Å². The summed E-state index contributed by atoms with van der Waals surface area (Å²) in [6.45, 7) is 3.15. The molecule has 0 bridgehead atoms. The van der Waals surface area contributed by atoms with E-state index in [1.54, 1.807) is 13.8 Å². The van der Waals surface area contributed by atoms with Crippen LogP contribution in [0.4, 0.5) is 0 Å². The van der Waals surface area contributed by atoms with Crippen molar-refractivity contribution in [2.45, 2.75) is 19.4 Å². The van der Waals surface area contributed by atoms with Crippen LogP contribution in [0.15, 0.2) is 12.1 Å². The van der Waals surface area contributed by atoms with E-state index in [0.717, 1.165) is 0 Å². The number of rotatable bonds is 2. The number of hydrogen-bond acceptors (Lipinski definition) is 3. The third kappa shape index (κ3) is 2.11. The van der Waals surface area contributed by atoms with Crippen molar-refractivity contribution >= 4 is 11.6 Å². The molecule has 0 atom stereocenters. The Hall–Kier alpha value is -0.930. The Morgan fingerprint density at radius 2 is 1.93 bits per heavy atom. The fraction of sp³-hybridized carbons (Fsp3) is 0.400. The zero-order chi connectivity index (χ0) is 10.9. The summed E-state index contributed by atoms with van der Waals surface area (Å²) in [6.07, 6.45) is 0. The molecule has 0 aliphatic heterocycles. The number of aliphatic hydroxyl groups is 1. The molecule has 78 valence electrons. The number of phenolic OH excluding ortho intramolecular Hbond substituents is 1. The van der Waals surface area contributed by atoms with Gasteiger partial charge >= 0.3 is 0 Å². The molecule has 0 spiro atoms. The zero-order valence-electron chi connectivity index (χ0n) is 8.34. The van der Waals surface area contributed by atoms with Crippen molar-refractivity contribution in [3.63, 3.8) is 0 Å². The van der Waals surface area contributed by atoms with Crippen molar-refractivity contribution in [3.05, 3.63) is 22.7 Å². The van der Waals surface area contributed by atoms with Crippen LogP contribution < -0.4 is 4.74 Å². The molecule has 3 nitrogen and oxygen atoms in total. The number of benzene rings is 1. The van der Waals surface area contributed by atoms with Crippen molar-refractivity contribution in [3.8, 4) is 11.5 Å². The standard InChI is InChI=1S/C10H13ClO3/c1-10(2,13)6-4-7(11)9(14-3)5-8(6)12/h4-5,12-13H,1-3H3. The maximum Gasteiger partial charge on any atom is 0.141 e. The average molecular weight is 217 g/mol. The molecule has 0 aliphatic rings. The predicted molar refractivity (Wildman–Crippen MR) is 54.9 cm³/mol. The maximum atomic E-state index is 9.70. The number of aromatic hydroxyl groups is 1. The Bertz CT molecular complexity index is 342. The van der Waals surface area contributed by atoms with Crippen molar-refractivity contribution in [1.29, 1.82) is 0 Å². The maximum absolute atomic E-state index is 9.70. The number of hydrogen-bond donors (Lipinski definition) is 2. The molecular formula is C10H13ClO3. The van der Waals surface area contributed by atoms with Crippen molar-refractivity contribution < 1.29 is 14.9 Å². The highest BCUT2D eigenvalue weighted by molar-refractivity contribution is 6.32. The average Bonchev–Trinajstić information content (AvgIpc) is 2.06. The van der Waals surface area contributed by atoms with Crippen LogP contribution in [0.5, 0.6) is 11.5 Å². The number of halogens is 1. The molecule has 2 N–H and O–H groups in total. The summed E-state index contributed by atoms with van der Waals surface area (Å²) in [5.41, 5.74) is -0.747. The van der Waals surface area contributed by atoms with Crippen LogP contribution in [0.1, 0.15) is 19.4 Å². The fourth-order valence-corrected chi connectivity index (χ4v) is 1.43. The van der Waals surface area contributed by atoms with Gasteiger partial charge in [-0.15, -0.1) is 0 Å². The zero-order valence-corrected chi connectivity index (χ0v) is 9.09. The summed E-state index contributed by atoms with van der Waals surface area (Å²) in [7, 11) is 1.46. The largest absolute Gasteiger partial charge is 0.507 e. The highest BCUT2D eigenvalue weighted by Crippen LogP contribution is 2.36. The van der Waals surface area contributed by atoms with E-state index in [1.807, 2.05) is 0 Å². The molecule has 14 heavy (non-hydrogen) atoms. The molecule has 0 heterocycles. The molecule has 0 aromatic heterocycles. The number of phenols is 1. The summed E-state index contributed by atoms with van der Waals surface area (Å²) in [4.78, 5) is 0. The molecule has 0 amide bonds. The van der Waals surface area contributed by atoms with Gasteiger partial charge in [0.15, 0.2) is 0 Å². The lowest BCUT2D eigenvalue weighted by atomic mass is 9.97. The Kier molecular flexibility index (Phi) is 2.92. The van der Waals surface area contributed by atoms with Gasteiger partial charge in [0.1, 0.15) is 11.5 Å². The topological polar surface area (TPSA) is 49.7 Å². The molecule has 1 aromatic rings. The van der Waals surface area contributed by atoms with Gasteiger partial charge in [0.05, 0.1) is 17.7 Å². The minimum absolute atomic E-state index is 0.0289. The third-order valence-corrected chi connectivity index (χ3v) is 2.22. The molecule has 4 heteroatoms. The number of methoxy groups -OCH3 is 1. The van der Waals surface area contributed by atoms with Gasteiger partial charge in [-0.2, -0.15) is 0 Å².